The van der Waals surface area contributed by atoms with E-state index in [1.165, 1.54) is 30.5 Å². The van der Waals surface area contributed by atoms with Gasteiger partial charge in [-0.15, -0.1) is 0 Å². The molecule has 27 heavy (non-hydrogen) atoms. The molecule has 138 valence electrons. The Labute approximate surface area is 151 Å². The highest BCUT2D eigenvalue weighted by atomic mass is 19.1. The number of benzene rings is 2. The van der Waals surface area contributed by atoms with Gasteiger partial charge in [-0.1, -0.05) is 12.1 Å². The number of amides is 1. The van der Waals surface area contributed by atoms with Crippen LogP contribution in [0.3, 0.4) is 0 Å². The number of esters is 1. The van der Waals surface area contributed by atoms with Crippen molar-refractivity contribution in [2.75, 3.05) is 12.4 Å². The van der Waals surface area contributed by atoms with Gasteiger partial charge in [0.25, 0.3) is 5.91 Å². The van der Waals surface area contributed by atoms with Crippen molar-refractivity contribution in [3.8, 4) is 5.69 Å². The highest BCUT2D eigenvalue weighted by Gasteiger charge is 2.19. The van der Waals surface area contributed by atoms with Crippen LogP contribution in [0.1, 0.15) is 20.8 Å². The number of carbonyl (C=O) groups excluding carboxylic acids is 2. The fourth-order valence-corrected chi connectivity index (χ4v) is 2.31. The molecule has 0 radical (unpaired) electrons. The molecule has 0 atom stereocenters. The number of ether oxygens (including phenoxy) is 1. The molecule has 0 aliphatic carbocycles. The van der Waals surface area contributed by atoms with Crippen LogP contribution < -0.4 is 5.32 Å². The lowest BCUT2D eigenvalue weighted by molar-refractivity contribution is 0.0595. The van der Waals surface area contributed by atoms with Crippen molar-refractivity contribution in [1.82, 2.24) is 9.78 Å². The molecule has 0 saturated heterocycles. The molecule has 0 spiro atoms. The number of hydrogen-bond acceptors (Lipinski definition) is 4. The zero-order valence-electron chi connectivity index (χ0n) is 13.9. The Bertz CT molecular complexity index is 1030. The van der Waals surface area contributed by atoms with E-state index in [1.807, 2.05) is 0 Å². The Morgan fingerprint density at radius 3 is 2.48 bits per heavy atom. The molecule has 1 heterocycles. The van der Waals surface area contributed by atoms with Crippen molar-refractivity contribution in [1.29, 1.82) is 0 Å². The zero-order valence-corrected chi connectivity index (χ0v) is 13.9. The van der Waals surface area contributed by atoms with Crippen LogP contribution in [0.2, 0.25) is 0 Å². The smallest absolute Gasteiger partial charge is 0.340 e. The molecule has 1 amide bonds. The minimum atomic E-state index is -1.12. The van der Waals surface area contributed by atoms with E-state index in [2.05, 4.69) is 15.2 Å². The maximum Gasteiger partial charge on any atom is 0.340 e. The van der Waals surface area contributed by atoms with Crippen LogP contribution in [0.25, 0.3) is 5.69 Å². The van der Waals surface area contributed by atoms with E-state index in [9.17, 15) is 22.8 Å². The highest BCUT2D eigenvalue weighted by Crippen LogP contribution is 2.21. The molecule has 3 rings (SSSR count). The number of nitrogens with one attached hydrogen (secondary N) is 1. The molecule has 0 saturated carbocycles. The lowest BCUT2D eigenvalue weighted by Gasteiger charge is -2.08. The number of anilines is 1. The molecule has 0 bridgehead atoms. The average Bonchev–Trinajstić information content (AvgIpc) is 3.13. The number of aromatic nitrogens is 2. The van der Waals surface area contributed by atoms with Crippen LogP contribution in [0.5, 0.6) is 0 Å². The summed E-state index contributed by atoms with van der Waals surface area (Å²) < 4.78 is 46.9. The van der Waals surface area contributed by atoms with Gasteiger partial charge in [-0.3, -0.25) is 4.79 Å². The second-order valence-electron chi connectivity index (χ2n) is 5.35. The topological polar surface area (TPSA) is 73.2 Å². The molecule has 1 aromatic heterocycles. The SMILES string of the molecule is COC(=O)c1cc(NC(=O)c2ccn(-c3ccccc3F)n2)c(F)cc1F. The first-order valence-electron chi connectivity index (χ1n) is 7.60. The fraction of sp³-hybridized carbons (Fsp3) is 0.0556. The van der Waals surface area contributed by atoms with Crippen molar-refractivity contribution in [2.24, 2.45) is 0 Å². The van der Waals surface area contributed by atoms with Gasteiger partial charge >= 0.3 is 5.97 Å². The van der Waals surface area contributed by atoms with Crippen molar-refractivity contribution in [3.05, 3.63) is 77.4 Å². The predicted octanol–water partition coefficient (Wildman–Crippen LogP) is 3.33. The van der Waals surface area contributed by atoms with E-state index in [-0.39, 0.29) is 11.4 Å². The van der Waals surface area contributed by atoms with Gasteiger partial charge < -0.3 is 10.1 Å². The molecule has 0 aliphatic rings. The number of hydrogen-bond donors (Lipinski definition) is 1. The van der Waals surface area contributed by atoms with Crippen molar-refractivity contribution >= 4 is 17.6 Å². The summed E-state index contributed by atoms with van der Waals surface area (Å²) in [5, 5.41) is 6.13. The third-order valence-corrected chi connectivity index (χ3v) is 3.63. The van der Waals surface area contributed by atoms with Crippen LogP contribution in [-0.4, -0.2) is 28.8 Å². The minimum Gasteiger partial charge on any atom is -0.465 e. The lowest BCUT2D eigenvalue weighted by Crippen LogP contribution is -2.16. The summed E-state index contributed by atoms with van der Waals surface area (Å²) in [6.07, 6.45) is 1.36. The molecular weight excluding hydrogens is 363 g/mol. The van der Waals surface area contributed by atoms with Gasteiger partial charge in [0.2, 0.25) is 0 Å². The summed E-state index contributed by atoms with van der Waals surface area (Å²) >= 11 is 0. The van der Waals surface area contributed by atoms with E-state index in [0.717, 1.165) is 17.9 Å². The zero-order chi connectivity index (χ0) is 19.6. The lowest BCUT2D eigenvalue weighted by atomic mass is 10.1. The Morgan fingerprint density at radius 2 is 1.78 bits per heavy atom. The van der Waals surface area contributed by atoms with Gasteiger partial charge in [0.15, 0.2) is 5.69 Å². The standard InChI is InChI=1S/C18H12F3N3O3/c1-27-18(26)10-8-15(13(21)9-12(10)20)22-17(25)14-6-7-24(23-14)16-5-3-2-4-11(16)19/h2-9H,1H3,(H,22,25). The van der Waals surface area contributed by atoms with E-state index in [1.54, 1.807) is 6.07 Å². The molecule has 0 unspecified atom stereocenters. The van der Waals surface area contributed by atoms with E-state index < -0.39 is 40.6 Å². The number of halogens is 3. The van der Waals surface area contributed by atoms with Crippen LogP contribution in [0.15, 0.2) is 48.7 Å². The van der Waals surface area contributed by atoms with Crippen LogP contribution >= 0.6 is 0 Å². The first-order valence-corrected chi connectivity index (χ1v) is 7.60. The first-order chi connectivity index (χ1) is 12.9. The van der Waals surface area contributed by atoms with Gasteiger partial charge in [-0.05, 0) is 24.3 Å². The van der Waals surface area contributed by atoms with E-state index in [0.29, 0.717) is 6.07 Å². The molecule has 3 aromatic rings. The van der Waals surface area contributed by atoms with Gasteiger partial charge in [-0.2, -0.15) is 5.10 Å². The largest absolute Gasteiger partial charge is 0.465 e. The monoisotopic (exact) mass is 375 g/mol. The van der Waals surface area contributed by atoms with Gasteiger partial charge in [-0.25, -0.2) is 22.6 Å². The fourth-order valence-electron chi connectivity index (χ4n) is 2.31. The Balaban J connectivity index is 1.86. The molecular formula is C18H12F3N3O3. The molecule has 9 heteroatoms. The summed E-state index contributed by atoms with van der Waals surface area (Å²) in [7, 11) is 1.04. The summed E-state index contributed by atoms with van der Waals surface area (Å²) in [5.41, 5.74) is -0.979. The van der Waals surface area contributed by atoms with Crippen LogP contribution in [-0.2, 0) is 4.74 Å². The molecule has 6 nitrogen and oxygen atoms in total. The van der Waals surface area contributed by atoms with Crippen LogP contribution in [0.4, 0.5) is 18.9 Å². The molecule has 0 aliphatic heterocycles. The highest BCUT2D eigenvalue weighted by molar-refractivity contribution is 6.03. The predicted molar refractivity (Wildman–Crippen MR) is 89.2 cm³/mol. The van der Waals surface area contributed by atoms with Gasteiger partial charge in [0.1, 0.15) is 23.1 Å². The number of rotatable bonds is 4. The maximum absolute atomic E-state index is 13.9. The number of nitrogens with zero attached hydrogens (tertiary/aromatic N) is 2. The molecule has 0 fully saturated rings. The van der Waals surface area contributed by atoms with Gasteiger partial charge in [0.05, 0.1) is 18.4 Å². The Morgan fingerprint density at radius 1 is 1.04 bits per heavy atom. The molecule has 2 aromatic carbocycles. The van der Waals surface area contributed by atoms with Crippen molar-refractivity contribution < 1.29 is 27.5 Å². The number of methoxy groups -OCH3 is 1. The average molecular weight is 375 g/mol. The quantitative estimate of drug-likeness (QED) is 0.710. The summed E-state index contributed by atoms with van der Waals surface area (Å²) in [4.78, 5) is 23.8. The Hall–Kier alpha value is -3.62. The second kappa shape index (κ2) is 7.32. The summed E-state index contributed by atoms with van der Waals surface area (Å²) in [6, 6.07) is 8.38. The van der Waals surface area contributed by atoms with E-state index >= 15 is 0 Å². The maximum atomic E-state index is 13.9. The minimum absolute atomic E-state index is 0.123. The third-order valence-electron chi connectivity index (χ3n) is 3.63. The third kappa shape index (κ3) is 3.66. The van der Waals surface area contributed by atoms with E-state index in [4.69, 9.17) is 0 Å². The summed E-state index contributed by atoms with van der Waals surface area (Å²) in [5.74, 6) is -4.60. The molecule has 1 N–H and O–H groups in total. The van der Waals surface area contributed by atoms with Crippen LogP contribution in [0, 0.1) is 17.5 Å². The summed E-state index contributed by atoms with van der Waals surface area (Å²) in [6.45, 7) is 0. The first kappa shape index (κ1) is 18.2. The van der Waals surface area contributed by atoms with Gasteiger partial charge in [0, 0.05) is 12.3 Å². The Kier molecular flexibility index (Phi) is 4.93. The van der Waals surface area contributed by atoms with Crippen molar-refractivity contribution in [3.63, 3.8) is 0 Å². The second-order valence-corrected chi connectivity index (χ2v) is 5.35. The number of para-hydroxylation sites is 1. The normalized spacial score (nSPS) is 10.5. The van der Waals surface area contributed by atoms with Crippen molar-refractivity contribution in [2.45, 2.75) is 0 Å². The number of carbonyl (C=O) groups is 2.